The second-order valence-electron chi connectivity index (χ2n) is 5.92. The smallest absolute Gasteiger partial charge is 0.142 e. The summed E-state index contributed by atoms with van der Waals surface area (Å²) >= 11 is 5.76. The molecule has 2 rings (SSSR count). The average Bonchev–Trinajstić information content (AvgIpc) is 2.44. The summed E-state index contributed by atoms with van der Waals surface area (Å²) in [5, 5.41) is 0.165. The molecule has 0 amide bonds. The zero-order valence-electron chi connectivity index (χ0n) is 12.3. The molecule has 0 aromatic heterocycles. The van der Waals surface area contributed by atoms with Gasteiger partial charge in [-0.15, -0.1) is 0 Å². The average molecular weight is 299 g/mol. The van der Waals surface area contributed by atoms with Gasteiger partial charge in [-0.1, -0.05) is 37.4 Å². The van der Waals surface area contributed by atoms with Gasteiger partial charge in [-0.25, -0.2) is 4.39 Å². The highest BCUT2D eigenvalue weighted by atomic mass is 35.5. The van der Waals surface area contributed by atoms with Gasteiger partial charge >= 0.3 is 0 Å². The van der Waals surface area contributed by atoms with Gasteiger partial charge in [0.25, 0.3) is 0 Å². The predicted octanol–water partition coefficient (Wildman–Crippen LogP) is 3.99. The number of likely N-dealkylation sites (N-methyl/N-ethyl adjacent to an activating group) is 1. The van der Waals surface area contributed by atoms with Crippen molar-refractivity contribution in [1.29, 1.82) is 0 Å². The Balaban J connectivity index is 2.19. The summed E-state index contributed by atoms with van der Waals surface area (Å²) in [4.78, 5) is 2.33. The Kier molecular flexibility index (Phi) is 5.42. The second-order valence-corrected chi connectivity index (χ2v) is 6.33. The summed E-state index contributed by atoms with van der Waals surface area (Å²) < 4.78 is 13.7. The summed E-state index contributed by atoms with van der Waals surface area (Å²) in [6.07, 6.45) is 5.05. The lowest BCUT2D eigenvalue weighted by Crippen LogP contribution is -2.43. The minimum atomic E-state index is -0.368. The fraction of sp³-hybridized carbons (Fsp3) is 0.625. The topological polar surface area (TPSA) is 29.3 Å². The summed E-state index contributed by atoms with van der Waals surface area (Å²) in [5.41, 5.74) is 6.86. The number of nitrogens with two attached hydrogens (primary N) is 1. The van der Waals surface area contributed by atoms with Crippen LogP contribution in [-0.2, 0) is 0 Å². The maximum atomic E-state index is 13.7. The minimum absolute atomic E-state index is 0.0484. The van der Waals surface area contributed by atoms with Crippen LogP contribution in [0, 0.1) is 11.7 Å². The van der Waals surface area contributed by atoms with E-state index in [1.807, 2.05) is 6.07 Å². The Morgan fingerprint density at radius 1 is 1.40 bits per heavy atom. The van der Waals surface area contributed by atoms with E-state index in [0.29, 0.717) is 18.5 Å². The molecular formula is C16H24ClFN2. The van der Waals surface area contributed by atoms with Crippen LogP contribution in [-0.4, -0.2) is 24.5 Å². The van der Waals surface area contributed by atoms with Crippen molar-refractivity contribution in [3.05, 3.63) is 34.6 Å². The van der Waals surface area contributed by atoms with Crippen molar-refractivity contribution in [2.45, 2.75) is 44.7 Å². The molecule has 2 N–H and O–H groups in total. The molecule has 4 heteroatoms. The first-order valence-electron chi connectivity index (χ1n) is 7.41. The van der Waals surface area contributed by atoms with Gasteiger partial charge in [0.05, 0.1) is 5.02 Å². The highest BCUT2D eigenvalue weighted by Gasteiger charge is 2.29. The van der Waals surface area contributed by atoms with E-state index >= 15 is 0 Å². The van der Waals surface area contributed by atoms with E-state index in [1.165, 1.54) is 31.7 Å². The Morgan fingerprint density at radius 3 is 2.70 bits per heavy atom. The summed E-state index contributed by atoms with van der Waals surface area (Å²) in [5.74, 6) is 0.299. The SMILES string of the molecule is CC1CCCCC1N(C)C(CN)c1ccc(Cl)c(F)c1. The number of benzene rings is 1. The van der Waals surface area contributed by atoms with Crippen LogP contribution in [0.25, 0.3) is 0 Å². The van der Waals surface area contributed by atoms with Gasteiger partial charge in [0.1, 0.15) is 5.82 Å². The van der Waals surface area contributed by atoms with Crippen LogP contribution >= 0.6 is 11.6 Å². The molecule has 0 heterocycles. The molecule has 0 spiro atoms. The number of hydrogen-bond donors (Lipinski definition) is 1. The van der Waals surface area contributed by atoms with E-state index in [1.54, 1.807) is 6.07 Å². The Bertz CT molecular complexity index is 452. The van der Waals surface area contributed by atoms with Gasteiger partial charge in [0, 0.05) is 18.6 Å². The molecule has 3 unspecified atom stereocenters. The van der Waals surface area contributed by atoms with E-state index in [0.717, 1.165) is 5.56 Å². The summed E-state index contributed by atoms with van der Waals surface area (Å²) in [7, 11) is 2.11. The van der Waals surface area contributed by atoms with Crippen molar-refractivity contribution in [3.63, 3.8) is 0 Å². The number of rotatable bonds is 4. The van der Waals surface area contributed by atoms with E-state index in [-0.39, 0.29) is 16.9 Å². The molecule has 1 fully saturated rings. The number of hydrogen-bond acceptors (Lipinski definition) is 2. The Labute approximate surface area is 126 Å². The maximum absolute atomic E-state index is 13.7. The molecule has 0 radical (unpaired) electrons. The Hall–Kier alpha value is -0.640. The van der Waals surface area contributed by atoms with Crippen molar-refractivity contribution in [3.8, 4) is 0 Å². The van der Waals surface area contributed by atoms with E-state index < -0.39 is 0 Å². The van der Waals surface area contributed by atoms with Crippen LogP contribution in [0.4, 0.5) is 4.39 Å². The minimum Gasteiger partial charge on any atom is -0.329 e. The third-order valence-corrected chi connectivity index (χ3v) is 4.94. The molecule has 112 valence electrons. The molecule has 1 saturated carbocycles. The zero-order chi connectivity index (χ0) is 14.7. The van der Waals surface area contributed by atoms with Crippen molar-refractivity contribution < 1.29 is 4.39 Å². The third kappa shape index (κ3) is 3.33. The highest BCUT2D eigenvalue weighted by molar-refractivity contribution is 6.30. The molecule has 1 aromatic rings. The molecule has 2 nitrogen and oxygen atoms in total. The third-order valence-electron chi connectivity index (χ3n) is 4.63. The molecule has 0 saturated heterocycles. The zero-order valence-corrected chi connectivity index (χ0v) is 13.0. The maximum Gasteiger partial charge on any atom is 0.142 e. The quantitative estimate of drug-likeness (QED) is 0.911. The van der Waals surface area contributed by atoms with E-state index in [4.69, 9.17) is 17.3 Å². The molecule has 0 aliphatic heterocycles. The van der Waals surface area contributed by atoms with Crippen LogP contribution in [0.5, 0.6) is 0 Å². The van der Waals surface area contributed by atoms with Crippen LogP contribution < -0.4 is 5.73 Å². The first-order chi connectivity index (χ1) is 9.54. The summed E-state index contributed by atoms with van der Waals surface area (Å²) in [6.45, 7) is 2.79. The van der Waals surface area contributed by atoms with E-state index in [2.05, 4.69) is 18.9 Å². The van der Waals surface area contributed by atoms with Gasteiger partial charge < -0.3 is 5.73 Å². The fourth-order valence-corrected chi connectivity index (χ4v) is 3.51. The predicted molar refractivity (Wildman–Crippen MR) is 82.4 cm³/mol. The monoisotopic (exact) mass is 298 g/mol. The summed E-state index contributed by atoms with van der Waals surface area (Å²) in [6, 6.07) is 5.59. The van der Waals surface area contributed by atoms with Crippen LogP contribution in [0.3, 0.4) is 0 Å². The van der Waals surface area contributed by atoms with Gasteiger partial charge in [-0.05, 0) is 43.5 Å². The molecular weight excluding hydrogens is 275 g/mol. The lowest BCUT2D eigenvalue weighted by Gasteiger charge is -2.40. The molecule has 0 bridgehead atoms. The van der Waals surface area contributed by atoms with Crippen LogP contribution in [0.1, 0.15) is 44.2 Å². The number of halogens is 2. The van der Waals surface area contributed by atoms with Crippen molar-refractivity contribution in [2.24, 2.45) is 11.7 Å². The first-order valence-corrected chi connectivity index (χ1v) is 7.79. The van der Waals surface area contributed by atoms with Crippen LogP contribution in [0.15, 0.2) is 18.2 Å². The lowest BCUT2D eigenvalue weighted by molar-refractivity contribution is 0.0991. The molecule has 1 aliphatic carbocycles. The standard InChI is InChI=1S/C16H24ClFN2/c1-11-5-3-4-6-15(11)20(2)16(10-19)12-7-8-13(17)14(18)9-12/h7-9,11,15-16H,3-6,10,19H2,1-2H3. The second kappa shape index (κ2) is 6.88. The largest absolute Gasteiger partial charge is 0.329 e. The fourth-order valence-electron chi connectivity index (χ4n) is 3.39. The lowest BCUT2D eigenvalue weighted by atomic mass is 9.84. The van der Waals surface area contributed by atoms with Gasteiger partial charge in [0.2, 0.25) is 0 Å². The van der Waals surface area contributed by atoms with Crippen molar-refractivity contribution in [1.82, 2.24) is 4.90 Å². The molecule has 20 heavy (non-hydrogen) atoms. The van der Waals surface area contributed by atoms with Crippen molar-refractivity contribution >= 4 is 11.6 Å². The first kappa shape index (κ1) is 15.7. The normalized spacial score (nSPS) is 24.9. The van der Waals surface area contributed by atoms with Gasteiger partial charge in [0.15, 0.2) is 0 Å². The highest BCUT2D eigenvalue weighted by Crippen LogP contribution is 2.32. The number of nitrogens with zero attached hydrogens (tertiary/aromatic N) is 1. The van der Waals surface area contributed by atoms with Crippen LogP contribution in [0.2, 0.25) is 5.02 Å². The molecule has 1 aromatic carbocycles. The molecule has 1 aliphatic rings. The van der Waals surface area contributed by atoms with Gasteiger partial charge in [-0.3, -0.25) is 4.90 Å². The molecule has 3 atom stereocenters. The van der Waals surface area contributed by atoms with Gasteiger partial charge in [-0.2, -0.15) is 0 Å². The van der Waals surface area contributed by atoms with Crippen molar-refractivity contribution in [2.75, 3.05) is 13.6 Å². The Morgan fingerprint density at radius 2 is 2.10 bits per heavy atom. The van der Waals surface area contributed by atoms with E-state index in [9.17, 15) is 4.39 Å².